The summed E-state index contributed by atoms with van der Waals surface area (Å²) in [4.78, 5) is 11.9. The van der Waals surface area contributed by atoms with E-state index in [1.165, 1.54) is 15.5 Å². The van der Waals surface area contributed by atoms with Crippen molar-refractivity contribution in [3.05, 3.63) is 188 Å². The fourth-order valence-electron chi connectivity index (χ4n) is 7.53. The van der Waals surface area contributed by atoms with Crippen LogP contribution in [0.15, 0.2) is 192 Å². The van der Waals surface area contributed by atoms with Gasteiger partial charge in [-0.25, -0.2) is 9.97 Å². The number of thiazole rings is 1. The molecule has 2 aromatic heterocycles. The van der Waals surface area contributed by atoms with Crippen molar-refractivity contribution < 1.29 is 5.79 Å². The van der Waals surface area contributed by atoms with Crippen molar-refractivity contribution in [3.63, 3.8) is 0 Å². The van der Waals surface area contributed by atoms with Gasteiger partial charge in [-0.15, -0.1) is 11.3 Å². The second kappa shape index (κ2) is 12.8. The predicted molar refractivity (Wildman–Crippen MR) is 231 cm³/mol. The van der Waals surface area contributed by atoms with Crippen molar-refractivity contribution in [2.45, 2.75) is 0 Å². The van der Waals surface area contributed by atoms with Gasteiger partial charge in [0.1, 0.15) is 10.5 Å². The van der Waals surface area contributed by atoms with E-state index >= 15 is 0 Å². The molecule has 0 aliphatic heterocycles. The fraction of sp³-hybridized carbons (Fsp3) is 0. The Kier molecular flexibility index (Phi) is 7.07. The van der Waals surface area contributed by atoms with Gasteiger partial charge in [0.2, 0.25) is 5.89 Å². The van der Waals surface area contributed by atoms with E-state index in [1.807, 2.05) is 36.4 Å². The minimum absolute atomic E-state index is 0.467. The third-order valence-corrected chi connectivity index (χ3v) is 11.4. The second-order valence-corrected chi connectivity index (χ2v) is 14.9. The van der Waals surface area contributed by atoms with Gasteiger partial charge in [0.05, 0.1) is 11.6 Å². The highest BCUT2D eigenvalue weighted by molar-refractivity contribution is 7.21. The van der Waals surface area contributed by atoms with Crippen LogP contribution in [0, 0.1) is 0 Å². The lowest BCUT2D eigenvalue weighted by atomic mass is 9.98. The molecule has 4 nitrogen and oxygen atoms in total. The molecule has 0 unspecified atom stereocenters. The highest BCUT2D eigenvalue weighted by Gasteiger charge is 2.17. The third-order valence-electron chi connectivity index (χ3n) is 10.4. The third kappa shape index (κ3) is 5.70. The number of hydrogen-bond acceptors (Lipinski definition) is 5. The molecule has 0 N–H and O–H groups in total. The van der Waals surface area contributed by atoms with E-state index in [4.69, 9.17) is 14.4 Å². The summed E-state index contributed by atoms with van der Waals surface area (Å²) in [6.07, 6.45) is 0. The lowest BCUT2D eigenvalue weighted by molar-refractivity contribution is 0.620. The first-order chi connectivity index (χ1) is 27.6. The first kappa shape index (κ1) is 30.4. The van der Waals surface area contributed by atoms with E-state index < -0.39 is 0 Å². The number of rotatable bonds is 6. The van der Waals surface area contributed by atoms with Crippen molar-refractivity contribution in [2.24, 2.45) is 0 Å². The lowest BCUT2D eigenvalue weighted by Gasteiger charge is -2.26. The van der Waals surface area contributed by atoms with Crippen molar-refractivity contribution in [2.75, 3.05) is 4.90 Å². The number of nitrogens with zero attached hydrogens (tertiary/aromatic N) is 3. The molecule has 0 aliphatic rings. The molecule has 11 rings (SSSR count). The number of para-hydroxylation sites is 3. The lowest BCUT2D eigenvalue weighted by Crippen LogP contribution is -2.10. The van der Waals surface area contributed by atoms with Crippen LogP contribution in [0.2, 0.25) is 0 Å². The fourth-order valence-corrected chi connectivity index (χ4v) is 8.50. The molecule has 0 aliphatic carbocycles. The Morgan fingerprint density at radius 3 is 1.82 bits per heavy atom. The number of benzene rings is 9. The molecule has 0 saturated heterocycles. The highest BCUT2D eigenvalue weighted by atomic mass is 32.1. The molecule has 2 heterocycles. The molecule has 0 amide bonds. The van der Waals surface area contributed by atoms with Gasteiger partial charge >= 0.3 is 0 Å². The van der Waals surface area contributed by atoms with E-state index in [1.54, 1.807) is 11.3 Å². The molecule has 0 spiro atoms. The van der Waals surface area contributed by atoms with Gasteiger partial charge in [0.15, 0.2) is 5.58 Å². The van der Waals surface area contributed by atoms with E-state index in [0.29, 0.717) is 11.9 Å². The SMILES string of the molecule is [2H]c1cc(N(c2ccc(-c3nc4ccccc4o3)cc2)c2ccc3cc(-c4nc5ccccc5s4)ccc3c2)cc2ccc(-c3ccc4ccccc4c3)cc12. The maximum atomic E-state index is 9.34. The summed E-state index contributed by atoms with van der Waals surface area (Å²) in [6.45, 7) is 0. The van der Waals surface area contributed by atoms with Gasteiger partial charge in [0, 0.05) is 28.2 Å². The summed E-state index contributed by atoms with van der Waals surface area (Å²) in [5, 5.41) is 7.60. The van der Waals surface area contributed by atoms with Crippen LogP contribution in [-0.4, -0.2) is 9.97 Å². The molecule has 258 valence electrons. The zero-order chi connectivity index (χ0) is 37.2. The van der Waals surface area contributed by atoms with E-state index in [2.05, 4.69) is 150 Å². The Morgan fingerprint density at radius 2 is 1.00 bits per heavy atom. The van der Waals surface area contributed by atoms with Crippen LogP contribution in [-0.2, 0) is 0 Å². The number of aromatic nitrogens is 2. The summed E-state index contributed by atoms with van der Waals surface area (Å²) < 4.78 is 16.6. The summed E-state index contributed by atoms with van der Waals surface area (Å²) in [5.74, 6) is 0.584. The topological polar surface area (TPSA) is 42.2 Å². The zero-order valence-electron chi connectivity index (χ0n) is 30.5. The number of hydrogen-bond donors (Lipinski definition) is 0. The normalized spacial score (nSPS) is 11.9. The van der Waals surface area contributed by atoms with E-state index in [9.17, 15) is 1.37 Å². The van der Waals surface area contributed by atoms with Gasteiger partial charge in [-0.3, -0.25) is 0 Å². The minimum atomic E-state index is 0.467. The van der Waals surface area contributed by atoms with Gasteiger partial charge in [-0.2, -0.15) is 0 Å². The van der Waals surface area contributed by atoms with Crippen molar-refractivity contribution in [1.29, 1.82) is 0 Å². The molecule has 0 fully saturated rings. The molecule has 0 atom stereocenters. The molecular formula is C50H31N3OS. The Hall–Kier alpha value is -7.08. The monoisotopic (exact) mass is 722 g/mol. The van der Waals surface area contributed by atoms with Gasteiger partial charge in [0.25, 0.3) is 0 Å². The van der Waals surface area contributed by atoms with Gasteiger partial charge < -0.3 is 9.32 Å². The average molecular weight is 723 g/mol. The molecular weight excluding hydrogens is 691 g/mol. The average Bonchev–Trinajstić information content (AvgIpc) is 3.89. The molecule has 0 radical (unpaired) electrons. The van der Waals surface area contributed by atoms with E-state index in [-0.39, 0.29) is 0 Å². The molecule has 0 bridgehead atoms. The highest BCUT2D eigenvalue weighted by Crippen LogP contribution is 2.40. The van der Waals surface area contributed by atoms with Crippen LogP contribution in [0.1, 0.15) is 1.37 Å². The Balaban J connectivity index is 1.01. The number of oxazole rings is 1. The largest absolute Gasteiger partial charge is 0.436 e. The van der Waals surface area contributed by atoms with Crippen LogP contribution in [0.4, 0.5) is 17.1 Å². The quantitative estimate of drug-likeness (QED) is 0.171. The van der Waals surface area contributed by atoms with Crippen LogP contribution in [0.25, 0.3) is 86.8 Å². The van der Waals surface area contributed by atoms with Crippen molar-refractivity contribution in [3.8, 4) is 33.2 Å². The molecule has 9 aromatic carbocycles. The number of anilines is 3. The number of fused-ring (bicyclic) bond motifs is 5. The van der Waals surface area contributed by atoms with Crippen molar-refractivity contribution >= 4 is 82.0 Å². The standard InChI is InChI=1S/C50H31N3OS/c1-2-8-34-27-35(14-13-32(34)7-1)36-15-16-39-30-43(25-21-37(39)28-36)53(42-23-19-33(20-24-42)49-51-45-9-3-5-11-47(45)54-49)44-26-22-38-29-41(18-17-40(38)31-44)50-52-46-10-4-6-12-48(46)55-50/h1-31H/i21D. The second-order valence-electron chi connectivity index (χ2n) is 13.8. The maximum Gasteiger partial charge on any atom is 0.227 e. The summed E-state index contributed by atoms with van der Waals surface area (Å²) >= 11 is 1.72. The first-order valence-corrected chi connectivity index (χ1v) is 19.1. The van der Waals surface area contributed by atoms with Gasteiger partial charge in [-0.1, -0.05) is 97.0 Å². The molecule has 11 aromatic rings. The van der Waals surface area contributed by atoms with Crippen LogP contribution < -0.4 is 4.90 Å². The van der Waals surface area contributed by atoms with Crippen LogP contribution >= 0.6 is 11.3 Å². The van der Waals surface area contributed by atoms with E-state index in [0.717, 1.165) is 82.5 Å². The van der Waals surface area contributed by atoms with Crippen molar-refractivity contribution in [1.82, 2.24) is 9.97 Å². The minimum Gasteiger partial charge on any atom is -0.436 e. The molecule has 0 saturated carbocycles. The Bertz CT molecular complexity index is 3230. The molecule has 5 heteroatoms. The predicted octanol–water partition coefficient (Wildman–Crippen LogP) is 14.4. The van der Waals surface area contributed by atoms with Crippen LogP contribution in [0.5, 0.6) is 0 Å². The molecule has 55 heavy (non-hydrogen) atoms. The summed E-state index contributed by atoms with van der Waals surface area (Å²) in [5.41, 5.74) is 9.70. The summed E-state index contributed by atoms with van der Waals surface area (Å²) in [6, 6.07) is 63.6. The Morgan fingerprint density at radius 1 is 0.436 bits per heavy atom. The summed E-state index contributed by atoms with van der Waals surface area (Å²) in [7, 11) is 0. The smallest absolute Gasteiger partial charge is 0.227 e. The first-order valence-electron chi connectivity index (χ1n) is 18.8. The maximum absolute atomic E-state index is 9.34. The Labute approximate surface area is 322 Å². The zero-order valence-corrected chi connectivity index (χ0v) is 30.3. The van der Waals surface area contributed by atoms with Crippen LogP contribution in [0.3, 0.4) is 0 Å². The van der Waals surface area contributed by atoms with Gasteiger partial charge in [-0.05, 0) is 134 Å².